The molecule has 0 aromatic heterocycles. The lowest BCUT2D eigenvalue weighted by molar-refractivity contribution is -0.143. The Morgan fingerprint density at radius 3 is 2.12 bits per heavy atom. The monoisotopic (exact) mass is 238 g/mol. The second-order valence-electron chi connectivity index (χ2n) is 4.85. The number of hydrogen-bond acceptors (Lipinski definition) is 2. The van der Waals surface area contributed by atoms with Gasteiger partial charge in [-0.25, -0.2) is 0 Å². The van der Waals surface area contributed by atoms with Crippen molar-refractivity contribution in [2.75, 3.05) is 6.61 Å². The van der Waals surface area contributed by atoms with Gasteiger partial charge in [-0.3, -0.25) is 4.79 Å². The van der Waals surface area contributed by atoms with Gasteiger partial charge in [-0.05, 0) is 25.7 Å². The Labute approximate surface area is 105 Å². The van der Waals surface area contributed by atoms with Crippen molar-refractivity contribution < 1.29 is 9.53 Å². The largest absolute Gasteiger partial charge is 0.465 e. The van der Waals surface area contributed by atoms with Gasteiger partial charge in [0.1, 0.15) is 0 Å². The van der Waals surface area contributed by atoms with E-state index in [2.05, 4.69) is 12.2 Å². The van der Waals surface area contributed by atoms with Crippen LogP contribution < -0.4 is 0 Å². The van der Waals surface area contributed by atoms with Gasteiger partial charge in [0, 0.05) is 6.42 Å². The maximum atomic E-state index is 11.3. The molecule has 1 rings (SSSR count). The molecule has 0 radical (unpaired) electrons. The Morgan fingerprint density at radius 1 is 0.765 bits per heavy atom. The first-order valence-electron chi connectivity index (χ1n) is 7.20. The lowest BCUT2D eigenvalue weighted by Gasteiger charge is -2.04. The molecule has 0 fully saturated rings. The number of carbonyl (C=O) groups excluding carboxylic acids is 1. The molecule has 0 aromatic rings. The minimum Gasteiger partial charge on any atom is -0.465 e. The molecule has 17 heavy (non-hydrogen) atoms. The fourth-order valence-electron chi connectivity index (χ4n) is 2.14. The summed E-state index contributed by atoms with van der Waals surface area (Å²) in [4.78, 5) is 11.3. The van der Waals surface area contributed by atoms with Crippen LogP contribution in [0.4, 0.5) is 0 Å². The number of cyclic esters (lactones) is 1. The van der Waals surface area contributed by atoms with Gasteiger partial charge < -0.3 is 4.74 Å². The molecule has 0 aromatic carbocycles. The number of hydrogen-bond donors (Lipinski definition) is 0. The average molecular weight is 238 g/mol. The third-order valence-corrected chi connectivity index (χ3v) is 3.22. The number of allylic oxidation sites excluding steroid dienone is 1. The molecule has 2 nitrogen and oxygen atoms in total. The summed E-state index contributed by atoms with van der Waals surface area (Å²) in [6.07, 6.45) is 17.2. The van der Waals surface area contributed by atoms with Crippen molar-refractivity contribution in [2.24, 2.45) is 0 Å². The van der Waals surface area contributed by atoms with Crippen molar-refractivity contribution in [3.63, 3.8) is 0 Å². The van der Waals surface area contributed by atoms with E-state index in [9.17, 15) is 4.79 Å². The normalized spacial score (nSPS) is 23.9. The van der Waals surface area contributed by atoms with Crippen molar-refractivity contribution in [3.05, 3.63) is 12.2 Å². The number of carbonyl (C=O) groups is 1. The highest BCUT2D eigenvalue weighted by Gasteiger charge is 2.01. The topological polar surface area (TPSA) is 26.3 Å². The molecule has 1 aliphatic heterocycles. The summed E-state index contributed by atoms with van der Waals surface area (Å²) in [5.41, 5.74) is 0. The van der Waals surface area contributed by atoms with Crippen LogP contribution in [0.25, 0.3) is 0 Å². The summed E-state index contributed by atoms with van der Waals surface area (Å²) in [5.74, 6) is -0.0227. The van der Waals surface area contributed by atoms with Crippen molar-refractivity contribution in [1.29, 1.82) is 0 Å². The molecule has 1 aliphatic rings. The molecule has 0 unspecified atom stereocenters. The summed E-state index contributed by atoms with van der Waals surface area (Å²) in [7, 11) is 0. The van der Waals surface area contributed by atoms with E-state index in [-0.39, 0.29) is 5.97 Å². The first kappa shape index (κ1) is 14.3. The van der Waals surface area contributed by atoms with Crippen molar-refractivity contribution in [3.8, 4) is 0 Å². The van der Waals surface area contributed by atoms with Crippen molar-refractivity contribution >= 4 is 5.97 Å². The molecule has 0 spiro atoms. The van der Waals surface area contributed by atoms with Gasteiger partial charge in [0.25, 0.3) is 0 Å². The van der Waals surface area contributed by atoms with E-state index in [1.54, 1.807) is 0 Å². The summed E-state index contributed by atoms with van der Waals surface area (Å²) in [5, 5.41) is 0. The maximum absolute atomic E-state index is 11.3. The van der Waals surface area contributed by atoms with Crippen LogP contribution in [0.2, 0.25) is 0 Å². The van der Waals surface area contributed by atoms with E-state index in [4.69, 9.17) is 4.74 Å². The van der Waals surface area contributed by atoms with E-state index >= 15 is 0 Å². The van der Waals surface area contributed by atoms with Gasteiger partial charge in [0.15, 0.2) is 0 Å². The zero-order valence-electron chi connectivity index (χ0n) is 11.0. The first-order chi connectivity index (χ1) is 8.39. The molecule has 98 valence electrons. The first-order valence-corrected chi connectivity index (χ1v) is 7.20. The third kappa shape index (κ3) is 8.96. The summed E-state index contributed by atoms with van der Waals surface area (Å²) < 4.78 is 5.15. The summed E-state index contributed by atoms with van der Waals surface area (Å²) in [6.45, 7) is 0.551. The van der Waals surface area contributed by atoms with Gasteiger partial charge in [-0.2, -0.15) is 0 Å². The number of rotatable bonds is 0. The minimum atomic E-state index is -0.0227. The molecule has 1 heterocycles. The number of esters is 1. The van der Waals surface area contributed by atoms with Crippen LogP contribution in [-0.2, 0) is 9.53 Å². The molecule has 0 amide bonds. The fraction of sp³-hybridized carbons (Fsp3) is 0.800. The van der Waals surface area contributed by atoms with E-state index in [0.717, 1.165) is 12.8 Å². The smallest absolute Gasteiger partial charge is 0.305 e. The molecule has 0 saturated carbocycles. The van der Waals surface area contributed by atoms with Crippen LogP contribution in [-0.4, -0.2) is 12.6 Å². The Bertz CT molecular complexity index is 221. The van der Waals surface area contributed by atoms with Gasteiger partial charge >= 0.3 is 5.97 Å². The molecule has 0 aliphatic carbocycles. The van der Waals surface area contributed by atoms with Crippen molar-refractivity contribution in [1.82, 2.24) is 0 Å². The van der Waals surface area contributed by atoms with Crippen LogP contribution in [0.15, 0.2) is 12.2 Å². The van der Waals surface area contributed by atoms with Crippen LogP contribution in [0.3, 0.4) is 0 Å². The second-order valence-corrected chi connectivity index (χ2v) is 4.85. The highest BCUT2D eigenvalue weighted by atomic mass is 16.5. The summed E-state index contributed by atoms with van der Waals surface area (Å²) in [6, 6.07) is 0. The van der Waals surface area contributed by atoms with E-state index in [0.29, 0.717) is 13.0 Å². The third-order valence-electron chi connectivity index (χ3n) is 3.22. The summed E-state index contributed by atoms with van der Waals surface area (Å²) >= 11 is 0. The van der Waals surface area contributed by atoms with Crippen LogP contribution >= 0.6 is 0 Å². The van der Waals surface area contributed by atoms with Gasteiger partial charge in [0.2, 0.25) is 0 Å². The van der Waals surface area contributed by atoms with Gasteiger partial charge in [-0.15, -0.1) is 0 Å². The average Bonchev–Trinajstić information content (AvgIpc) is 2.32. The van der Waals surface area contributed by atoms with Crippen LogP contribution in [0, 0.1) is 0 Å². The van der Waals surface area contributed by atoms with E-state index < -0.39 is 0 Å². The molecule has 0 atom stereocenters. The van der Waals surface area contributed by atoms with Gasteiger partial charge in [-0.1, -0.05) is 50.7 Å². The van der Waals surface area contributed by atoms with E-state index in [1.165, 1.54) is 51.4 Å². The predicted octanol–water partition coefficient (Wildman–Crippen LogP) is 4.39. The highest BCUT2D eigenvalue weighted by molar-refractivity contribution is 5.69. The number of ether oxygens (including phenoxy) is 1. The highest BCUT2D eigenvalue weighted by Crippen LogP contribution is 2.11. The Hall–Kier alpha value is -0.790. The second kappa shape index (κ2) is 10.4. The molecular formula is C15H26O2. The standard InChI is InChI=1S/C15H26O2/c16-15-13-11-9-7-5-3-1-2-4-6-8-10-12-14-17-15/h8,10H,1-7,9,11-14H2/b10-8+. The molecule has 2 heteroatoms. The maximum Gasteiger partial charge on any atom is 0.305 e. The zero-order chi connectivity index (χ0) is 12.2. The fourth-order valence-corrected chi connectivity index (χ4v) is 2.14. The SMILES string of the molecule is O=C1CCCCCCCCCC/C=C/CCO1. The molecule has 0 N–H and O–H groups in total. The van der Waals surface area contributed by atoms with Crippen molar-refractivity contribution in [2.45, 2.75) is 70.6 Å². The zero-order valence-corrected chi connectivity index (χ0v) is 11.0. The minimum absolute atomic E-state index is 0.0227. The van der Waals surface area contributed by atoms with Gasteiger partial charge in [0.05, 0.1) is 6.61 Å². The quantitative estimate of drug-likeness (QED) is 0.462. The van der Waals surface area contributed by atoms with Crippen LogP contribution in [0.1, 0.15) is 70.6 Å². The lowest BCUT2D eigenvalue weighted by atomic mass is 10.1. The lowest BCUT2D eigenvalue weighted by Crippen LogP contribution is -2.05. The Morgan fingerprint density at radius 2 is 1.35 bits per heavy atom. The predicted molar refractivity (Wildman–Crippen MR) is 70.9 cm³/mol. The molecular weight excluding hydrogens is 212 g/mol. The molecule has 0 saturated heterocycles. The van der Waals surface area contributed by atoms with Crippen LogP contribution in [0.5, 0.6) is 0 Å². The van der Waals surface area contributed by atoms with E-state index in [1.807, 2.05) is 0 Å². The Kier molecular flexibility index (Phi) is 8.71. The Balaban J connectivity index is 2.19. The molecule has 0 bridgehead atoms.